The van der Waals surface area contributed by atoms with Crippen LogP contribution in [0.4, 0.5) is 13.2 Å². The minimum absolute atomic E-state index is 0.226. The number of halogens is 3. The standard InChI is InChI=1S/C16H11F3N2OS/c17-16(18,19)22-13-7-5-11(6-8-13)10-23-15-14-4-2-1-3-12(14)9-20-21-15/h1-9H,10H2. The molecule has 3 rings (SSSR count). The van der Waals surface area contributed by atoms with E-state index < -0.39 is 6.36 Å². The molecule has 0 aliphatic rings. The molecule has 0 fully saturated rings. The Balaban J connectivity index is 1.70. The van der Waals surface area contributed by atoms with Crippen molar-refractivity contribution in [2.75, 3.05) is 0 Å². The van der Waals surface area contributed by atoms with E-state index in [1.807, 2.05) is 24.3 Å². The zero-order valence-corrected chi connectivity index (χ0v) is 12.6. The van der Waals surface area contributed by atoms with Crippen LogP contribution in [0.3, 0.4) is 0 Å². The molecule has 0 atom stereocenters. The Hall–Kier alpha value is -2.28. The van der Waals surface area contributed by atoms with Crippen LogP contribution >= 0.6 is 11.8 Å². The van der Waals surface area contributed by atoms with Gasteiger partial charge in [0.05, 0.1) is 6.20 Å². The van der Waals surface area contributed by atoms with Crippen LogP contribution in [0.5, 0.6) is 5.75 Å². The molecule has 0 radical (unpaired) electrons. The van der Waals surface area contributed by atoms with E-state index >= 15 is 0 Å². The van der Waals surface area contributed by atoms with Gasteiger partial charge in [0.25, 0.3) is 0 Å². The number of benzene rings is 2. The van der Waals surface area contributed by atoms with Crippen LogP contribution in [0.1, 0.15) is 5.56 Å². The molecule has 2 aromatic carbocycles. The van der Waals surface area contributed by atoms with Gasteiger partial charge in [-0.05, 0) is 17.7 Å². The van der Waals surface area contributed by atoms with Crippen molar-refractivity contribution in [2.24, 2.45) is 0 Å². The Morgan fingerprint density at radius 1 is 1.00 bits per heavy atom. The molecule has 118 valence electrons. The van der Waals surface area contributed by atoms with Crippen LogP contribution in [-0.2, 0) is 5.75 Å². The second kappa shape index (κ2) is 6.45. The van der Waals surface area contributed by atoms with Crippen LogP contribution in [0.2, 0.25) is 0 Å². The van der Waals surface area contributed by atoms with Gasteiger partial charge in [-0.15, -0.1) is 18.3 Å². The molecule has 0 spiro atoms. The molecule has 0 amide bonds. The van der Waals surface area contributed by atoms with Gasteiger partial charge >= 0.3 is 6.36 Å². The van der Waals surface area contributed by atoms with Crippen molar-refractivity contribution in [1.82, 2.24) is 10.2 Å². The summed E-state index contributed by atoms with van der Waals surface area (Å²) in [6.07, 6.45) is -2.97. The quantitative estimate of drug-likeness (QED) is 0.640. The van der Waals surface area contributed by atoms with Crippen molar-refractivity contribution in [3.8, 4) is 5.75 Å². The highest BCUT2D eigenvalue weighted by Crippen LogP contribution is 2.29. The van der Waals surface area contributed by atoms with E-state index in [0.717, 1.165) is 21.4 Å². The zero-order chi connectivity index (χ0) is 16.3. The van der Waals surface area contributed by atoms with Gasteiger partial charge in [0.1, 0.15) is 10.8 Å². The highest BCUT2D eigenvalue weighted by Gasteiger charge is 2.30. The molecule has 0 unspecified atom stereocenters. The Labute approximate surface area is 134 Å². The predicted molar refractivity (Wildman–Crippen MR) is 82.2 cm³/mol. The van der Waals surface area contributed by atoms with Crippen molar-refractivity contribution in [2.45, 2.75) is 17.1 Å². The smallest absolute Gasteiger partial charge is 0.406 e. The van der Waals surface area contributed by atoms with Gasteiger partial charge in [-0.1, -0.05) is 48.2 Å². The first-order valence-electron chi connectivity index (χ1n) is 6.69. The van der Waals surface area contributed by atoms with E-state index in [-0.39, 0.29) is 5.75 Å². The maximum atomic E-state index is 12.1. The largest absolute Gasteiger partial charge is 0.573 e. The summed E-state index contributed by atoms with van der Waals surface area (Å²) in [5.41, 5.74) is 0.874. The molecule has 23 heavy (non-hydrogen) atoms. The Morgan fingerprint density at radius 3 is 2.48 bits per heavy atom. The van der Waals surface area contributed by atoms with Crippen molar-refractivity contribution >= 4 is 22.5 Å². The SMILES string of the molecule is FC(F)(F)Oc1ccc(CSc2nncc3ccccc23)cc1. The van der Waals surface area contributed by atoms with E-state index in [2.05, 4.69) is 14.9 Å². The predicted octanol–water partition coefficient (Wildman–Crippen LogP) is 4.82. The van der Waals surface area contributed by atoms with E-state index in [1.54, 1.807) is 18.3 Å². The molecule has 1 heterocycles. The first-order valence-corrected chi connectivity index (χ1v) is 7.68. The van der Waals surface area contributed by atoms with Crippen molar-refractivity contribution in [3.63, 3.8) is 0 Å². The maximum Gasteiger partial charge on any atom is 0.573 e. The molecule has 0 N–H and O–H groups in total. The molecule has 0 aliphatic heterocycles. The molecule has 0 aliphatic carbocycles. The van der Waals surface area contributed by atoms with Gasteiger partial charge in [-0.2, -0.15) is 5.10 Å². The number of alkyl halides is 3. The third-order valence-electron chi connectivity index (χ3n) is 3.07. The molecule has 3 aromatic rings. The summed E-state index contributed by atoms with van der Waals surface area (Å²) in [6, 6.07) is 13.6. The molecule has 7 heteroatoms. The molecule has 0 saturated carbocycles. The third kappa shape index (κ3) is 4.13. The molecular weight excluding hydrogens is 325 g/mol. The Kier molecular flexibility index (Phi) is 4.38. The fourth-order valence-electron chi connectivity index (χ4n) is 2.05. The van der Waals surface area contributed by atoms with E-state index in [9.17, 15) is 13.2 Å². The highest BCUT2D eigenvalue weighted by atomic mass is 32.2. The third-order valence-corrected chi connectivity index (χ3v) is 4.12. The van der Waals surface area contributed by atoms with E-state index in [4.69, 9.17) is 0 Å². The Morgan fingerprint density at radius 2 is 1.74 bits per heavy atom. The maximum absolute atomic E-state index is 12.1. The lowest BCUT2D eigenvalue weighted by atomic mass is 10.2. The van der Waals surface area contributed by atoms with Crippen molar-refractivity contribution in [3.05, 3.63) is 60.3 Å². The first kappa shape index (κ1) is 15.6. The van der Waals surface area contributed by atoms with Crippen LogP contribution in [0.15, 0.2) is 59.8 Å². The van der Waals surface area contributed by atoms with Crippen molar-refractivity contribution in [1.29, 1.82) is 0 Å². The van der Waals surface area contributed by atoms with Crippen LogP contribution in [0.25, 0.3) is 10.8 Å². The second-order valence-electron chi connectivity index (χ2n) is 4.72. The zero-order valence-electron chi connectivity index (χ0n) is 11.7. The first-order chi connectivity index (χ1) is 11.0. The summed E-state index contributed by atoms with van der Waals surface area (Å²) in [5, 5.41) is 10.9. The van der Waals surface area contributed by atoms with E-state index in [1.165, 1.54) is 23.9 Å². The lowest BCUT2D eigenvalue weighted by molar-refractivity contribution is -0.274. The number of aromatic nitrogens is 2. The minimum Gasteiger partial charge on any atom is -0.406 e. The minimum atomic E-state index is -4.67. The summed E-state index contributed by atoms with van der Waals surface area (Å²) < 4.78 is 40.2. The van der Waals surface area contributed by atoms with Gasteiger partial charge < -0.3 is 4.74 Å². The number of rotatable bonds is 4. The highest BCUT2D eigenvalue weighted by molar-refractivity contribution is 7.98. The van der Waals surface area contributed by atoms with Crippen LogP contribution in [-0.4, -0.2) is 16.6 Å². The average molecular weight is 336 g/mol. The van der Waals surface area contributed by atoms with Crippen molar-refractivity contribution < 1.29 is 17.9 Å². The second-order valence-corrected chi connectivity index (χ2v) is 5.68. The van der Waals surface area contributed by atoms with Gasteiger partial charge in [0, 0.05) is 16.5 Å². The molecular formula is C16H11F3N2OS. The van der Waals surface area contributed by atoms with Gasteiger partial charge in [0.2, 0.25) is 0 Å². The molecule has 0 bridgehead atoms. The van der Waals surface area contributed by atoms with Gasteiger partial charge in [0.15, 0.2) is 0 Å². The monoisotopic (exact) mass is 336 g/mol. The Bertz CT molecular complexity index is 801. The number of thioether (sulfide) groups is 1. The number of fused-ring (bicyclic) bond motifs is 1. The lowest BCUT2D eigenvalue weighted by Crippen LogP contribution is -2.16. The van der Waals surface area contributed by atoms with Crippen LogP contribution < -0.4 is 4.74 Å². The topological polar surface area (TPSA) is 35.0 Å². The molecule has 1 aromatic heterocycles. The van der Waals surface area contributed by atoms with E-state index in [0.29, 0.717) is 5.75 Å². The van der Waals surface area contributed by atoms with Gasteiger partial charge in [-0.3, -0.25) is 0 Å². The normalized spacial score (nSPS) is 11.6. The fraction of sp³-hybridized carbons (Fsp3) is 0.125. The summed E-state index contributed by atoms with van der Waals surface area (Å²) in [6.45, 7) is 0. The number of hydrogen-bond acceptors (Lipinski definition) is 4. The molecule has 0 saturated heterocycles. The summed E-state index contributed by atoms with van der Waals surface area (Å²) in [5.74, 6) is 0.353. The summed E-state index contributed by atoms with van der Waals surface area (Å²) in [7, 11) is 0. The number of nitrogens with zero attached hydrogens (tertiary/aromatic N) is 2. The molecule has 3 nitrogen and oxygen atoms in total. The lowest BCUT2D eigenvalue weighted by Gasteiger charge is -2.09. The van der Waals surface area contributed by atoms with Crippen LogP contribution in [0, 0.1) is 0 Å². The number of hydrogen-bond donors (Lipinski definition) is 0. The number of ether oxygens (including phenoxy) is 1. The fourth-order valence-corrected chi connectivity index (χ4v) is 2.99. The summed E-state index contributed by atoms with van der Waals surface area (Å²) in [4.78, 5) is 0. The van der Waals surface area contributed by atoms with Gasteiger partial charge in [-0.25, -0.2) is 0 Å². The average Bonchev–Trinajstić information content (AvgIpc) is 2.53. The summed E-state index contributed by atoms with van der Waals surface area (Å²) >= 11 is 1.49.